The van der Waals surface area contributed by atoms with Gasteiger partial charge in [0.05, 0.1) is 13.7 Å². The van der Waals surface area contributed by atoms with Gasteiger partial charge in [-0.25, -0.2) is 0 Å². The maximum absolute atomic E-state index is 13.9. The van der Waals surface area contributed by atoms with Gasteiger partial charge < -0.3 is 19.5 Å². The molecule has 1 atom stereocenters. The first kappa shape index (κ1) is 25.7. The summed E-state index contributed by atoms with van der Waals surface area (Å²) in [6.45, 7) is 11.8. The Balaban J connectivity index is 1.63. The quantitative estimate of drug-likeness (QED) is 0.182. The Morgan fingerprint density at radius 3 is 2.42 bits per heavy atom. The van der Waals surface area contributed by atoms with Crippen LogP contribution in [0.1, 0.15) is 48.3 Å². The molecule has 0 aliphatic heterocycles. The lowest BCUT2D eigenvalue weighted by molar-refractivity contribution is 0.0971. The van der Waals surface area contributed by atoms with Crippen molar-refractivity contribution < 1.29 is 14.0 Å². The lowest BCUT2D eigenvalue weighted by Crippen LogP contribution is -2.40. The van der Waals surface area contributed by atoms with E-state index in [1.165, 1.54) is 0 Å². The number of carbonyl (C=O) groups is 1. The highest BCUT2D eigenvalue weighted by Gasteiger charge is 2.37. The molecule has 4 rings (SSSR count). The maximum Gasteiger partial charge on any atom is 0.192 e. The van der Waals surface area contributed by atoms with Crippen molar-refractivity contribution in [2.24, 2.45) is 0 Å². The molecule has 6 heteroatoms. The summed E-state index contributed by atoms with van der Waals surface area (Å²) >= 11 is 0. The first-order valence-corrected chi connectivity index (χ1v) is 15.2. The summed E-state index contributed by atoms with van der Waals surface area (Å²) < 4.78 is 11.8. The number of para-hydroxylation sites is 1. The molecule has 188 valence electrons. The Hall–Kier alpha value is -3.35. The summed E-state index contributed by atoms with van der Waals surface area (Å²) in [7, 11) is -0.208. The Morgan fingerprint density at radius 1 is 1.00 bits per heavy atom. The first-order chi connectivity index (χ1) is 17.1. The van der Waals surface area contributed by atoms with E-state index in [4.69, 9.17) is 9.16 Å². The number of methoxy groups -OCH3 is 1. The predicted octanol–water partition coefficient (Wildman–Crippen LogP) is 7.73. The van der Waals surface area contributed by atoms with Crippen molar-refractivity contribution in [2.75, 3.05) is 12.4 Å². The van der Waals surface area contributed by atoms with Crippen LogP contribution in [0, 0.1) is 0 Å². The molecule has 0 bridgehead atoms. The Bertz CT molecular complexity index is 1340. The van der Waals surface area contributed by atoms with Gasteiger partial charge in [0.1, 0.15) is 11.8 Å². The molecule has 1 aromatic heterocycles. The summed E-state index contributed by atoms with van der Waals surface area (Å²) in [4.78, 5) is 17.1. The van der Waals surface area contributed by atoms with Gasteiger partial charge in [0, 0.05) is 34.4 Å². The molecular formula is C30H36N2O3Si. The summed E-state index contributed by atoms with van der Waals surface area (Å²) in [5.74, 6) is 0.733. The molecule has 5 nitrogen and oxygen atoms in total. The second-order valence-electron chi connectivity index (χ2n) is 10.7. The number of rotatable bonds is 9. The van der Waals surface area contributed by atoms with E-state index in [2.05, 4.69) is 56.3 Å². The van der Waals surface area contributed by atoms with Gasteiger partial charge in [-0.05, 0) is 47.5 Å². The molecular weight excluding hydrogens is 464 g/mol. The van der Waals surface area contributed by atoms with E-state index in [-0.39, 0.29) is 10.8 Å². The minimum atomic E-state index is -1.85. The zero-order chi connectivity index (χ0) is 25.9. The molecule has 2 N–H and O–H groups in total. The van der Waals surface area contributed by atoms with Crippen LogP contribution in [0.15, 0.2) is 79.0 Å². The van der Waals surface area contributed by atoms with Gasteiger partial charge >= 0.3 is 0 Å². The Morgan fingerprint density at radius 2 is 1.72 bits per heavy atom. The van der Waals surface area contributed by atoms with Crippen LogP contribution in [0.5, 0.6) is 5.75 Å². The highest BCUT2D eigenvalue weighted by atomic mass is 28.4. The zero-order valence-electron chi connectivity index (χ0n) is 22.0. The molecule has 0 aliphatic rings. The number of hydrogen-bond acceptors (Lipinski definition) is 4. The fourth-order valence-corrected chi connectivity index (χ4v) is 4.86. The highest BCUT2D eigenvalue weighted by Crippen LogP contribution is 2.37. The van der Waals surface area contributed by atoms with Crippen LogP contribution in [-0.4, -0.2) is 26.2 Å². The standard InChI is InChI=1S/C30H36N2O3Si/c1-30(2,3)36(5,6)35-20-21-14-16-22(17-15-21)28(32-23-10-9-11-24(18-23)34-4)29(33)26-19-31-27-13-8-7-12-25(26)27/h7-19,28,31-32H,20H2,1-6H3. The molecule has 0 saturated carbocycles. The van der Waals surface area contributed by atoms with Crippen LogP contribution >= 0.6 is 0 Å². The van der Waals surface area contributed by atoms with Crippen LogP contribution in [0.25, 0.3) is 10.9 Å². The Labute approximate surface area is 215 Å². The number of ketones is 1. The average Bonchev–Trinajstić information content (AvgIpc) is 3.30. The number of aromatic amines is 1. The fraction of sp³-hybridized carbons (Fsp3) is 0.300. The predicted molar refractivity (Wildman–Crippen MR) is 150 cm³/mol. The normalized spacial score (nSPS) is 12.9. The molecule has 1 unspecified atom stereocenters. The van der Waals surface area contributed by atoms with Crippen LogP contribution in [0.3, 0.4) is 0 Å². The van der Waals surface area contributed by atoms with Gasteiger partial charge in [-0.15, -0.1) is 0 Å². The van der Waals surface area contributed by atoms with Crippen molar-refractivity contribution in [3.8, 4) is 5.75 Å². The van der Waals surface area contributed by atoms with Gasteiger partial charge in [-0.2, -0.15) is 0 Å². The zero-order valence-corrected chi connectivity index (χ0v) is 23.0. The summed E-state index contributed by atoms with van der Waals surface area (Å²) in [5.41, 5.74) is 4.42. The molecule has 0 aliphatic carbocycles. The number of carbonyl (C=O) groups excluding carboxylic acids is 1. The SMILES string of the molecule is COc1cccc(NC(C(=O)c2c[nH]c3ccccc23)c2ccc(CO[Si](C)(C)C(C)(C)C)cc2)c1. The van der Waals surface area contributed by atoms with Gasteiger partial charge in [0.15, 0.2) is 14.1 Å². The van der Waals surface area contributed by atoms with E-state index in [0.717, 1.165) is 33.5 Å². The van der Waals surface area contributed by atoms with E-state index < -0.39 is 14.4 Å². The lowest BCUT2D eigenvalue weighted by Gasteiger charge is -2.36. The second kappa shape index (κ2) is 10.3. The van der Waals surface area contributed by atoms with Gasteiger partial charge in [0.2, 0.25) is 0 Å². The second-order valence-corrected chi connectivity index (χ2v) is 15.5. The number of anilines is 1. The minimum absolute atomic E-state index is 0.000503. The van der Waals surface area contributed by atoms with Crippen molar-refractivity contribution in [1.29, 1.82) is 0 Å². The van der Waals surface area contributed by atoms with Crippen LogP contribution in [0.2, 0.25) is 18.1 Å². The van der Waals surface area contributed by atoms with Crippen LogP contribution in [0.4, 0.5) is 5.69 Å². The largest absolute Gasteiger partial charge is 0.497 e. The topological polar surface area (TPSA) is 63.3 Å². The number of fused-ring (bicyclic) bond motifs is 1. The number of nitrogens with one attached hydrogen (secondary N) is 2. The number of aromatic nitrogens is 1. The van der Waals surface area contributed by atoms with Gasteiger partial charge in [-0.3, -0.25) is 4.79 Å². The monoisotopic (exact) mass is 500 g/mol. The maximum atomic E-state index is 13.9. The minimum Gasteiger partial charge on any atom is -0.497 e. The number of benzene rings is 3. The molecule has 0 amide bonds. The third kappa shape index (κ3) is 5.55. The first-order valence-electron chi connectivity index (χ1n) is 12.3. The van der Waals surface area contributed by atoms with E-state index >= 15 is 0 Å². The molecule has 1 heterocycles. The average molecular weight is 501 g/mol. The lowest BCUT2D eigenvalue weighted by atomic mass is 9.96. The third-order valence-electron chi connectivity index (χ3n) is 7.22. The molecule has 4 aromatic rings. The third-order valence-corrected chi connectivity index (χ3v) is 11.7. The number of Topliss-reactive ketones (excluding diaryl/α,β-unsaturated/α-hetero) is 1. The van der Waals surface area contributed by atoms with E-state index in [9.17, 15) is 4.79 Å². The number of hydrogen-bond donors (Lipinski definition) is 2. The molecule has 3 aromatic carbocycles. The van der Waals surface area contributed by atoms with Gasteiger partial charge in [-0.1, -0.05) is 69.3 Å². The molecule has 0 radical (unpaired) electrons. The van der Waals surface area contributed by atoms with E-state index in [1.54, 1.807) is 13.3 Å². The van der Waals surface area contributed by atoms with Crippen LogP contribution in [-0.2, 0) is 11.0 Å². The molecule has 36 heavy (non-hydrogen) atoms. The summed E-state index contributed by atoms with van der Waals surface area (Å²) in [6, 6.07) is 23.1. The van der Waals surface area contributed by atoms with Crippen molar-refractivity contribution in [2.45, 2.75) is 51.6 Å². The van der Waals surface area contributed by atoms with Crippen molar-refractivity contribution in [3.63, 3.8) is 0 Å². The molecule has 0 spiro atoms. The van der Waals surface area contributed by atoms with Crippen molar-refractivity contribution in [1.82, 2.24) is 4.98 Å². The molecule has 0 fully saturated rings. The molecule has 0 saturated heterocycles. The van der Waals surface area contributed by atoms with Gasteiger partial charge in [0.25, 0.3) is 0 Å². The Kier molecular flexibility index (Phi) is 7.38. The van der Waals surface area contributed by atoms with E-state index in [0.29, 0.717) is 12.2 Å². The summed E-state index contributed by atoms with van der Waals surface area (Å²) in [6.07, 6.45) is 1.80. The number of H-pyrrole nitrogens is 1. The van der Waals surface area contributed by atoms with Crippen molar-refractivity contribution in [3.05, 3.63) is 95.7 Å². The smallest absolute Gasteiger partial charge is 0.192 e. The van der Waals surface area contributed by atoms with E-state index in [1.807, 2.05) is 60.7 Å². The number of ether oxygens (including phenoxy) is 1. The van der Waals surface area contributed by atoms with Crippen LogP contribution < -0.4 is 10.1 Å². The highest BCUT2D eigenvalue weighted by molar-refractivity contribution is 6.74. The van der Waals surface area contributed by atoms with Crippen molar-refractivity contribution >= 4 is 30.7 Å². The summed E-state index contributed by atoms with van der Waals surface area (Å²) in [5, 5.41) is 4.52. The fourth-order valence-electron chi connectivity index (χ4n) is 3.90.